The summed E-state index contributed by atoms with van der Waals surface area (Å²) in [6, 6.07) is 5.62. The van der Waals surface area contributed by atoms with Crippen molar-refractivity contribution < 1.29 is 19.1 Å². The fourth-order valence-electron chi connectivity index (χ4n) is 3.98. The normalized spacial score (nSPS) is 18.1. The second kappa shape index (κ2) is 9.78. The van der Waals surface area contributed by atoms with E-state index in [1.54, 1.807) is 14.2 Å². The Morgan fingerprint density at radius 3 is 2.36 bits per heavy atom. The molecule has 0 radical (unpaired) electrons. The Morgan fingerprint density at radius 1 is 1.04 bits per heavy atom. The lowest BCUT2D eigenvalue weighted by Crippen LogP contribution is -2.44. The Labute approximate surface area is 167 Å². The second-order valence-electron chi connectivity index (χ2n) is 7.55. The molecule has 154 valence electrons. The van der Waals surface area contributed by atoms with Crippen LogP contribution >= 0.6 is 0 Å². The van der Waals surface area contributed by atoms with Crippen molar-refractivity contribution in [2.45, 2.75) is 32.2 Å². The minimum Gasteiger partial charge on any atom is -0.493 e. The Morgan fingerprint density at radius 2 is 1.71 bits per heavy atom. The molecule has 0 aromatic heterocycles. The van der Waals surface area contributed by atoms with E-state index in [4.69, 9.17) is 9.47 Å². The second-order valence-corrected chi connectivity index (χ2v) is 7.55. The van der Waals surface area contributed by atoms with Crippen LogP contribution in [0.2, 0.25) is 0 Å². The molecule has 0 aliphatic carbocycles. The van der Waals surface area contributed by atoms with E-state index in [1.165, 1.54) is 0 Å². The summed E-state index contributed by atoms with van der Waals surface area (Å²) < 4.78 is 10.5. The number of piperidine rings is 1. The standard InChI is InChI=1S/C21H31N3O4/c1-27-18-6-5-16(13-19(18)28-2)14-22-20(25)15-23-11-7-17(8-12-23)21(26)24-9-3-4-10-24/h5-6,13,17H,3-4,7-12,14-15H2,1-2H3,(H,22,25). The molecule has 2 aliphatic heterocycles. The monoisotopic (exact) mass is 389 g/mol. The fraction of sp³-hybridized carbons (Fsp3) is 0.619. The number of nitrogens with one attached hydrogen (secondary N) is 1. The fourth-order valence-corrected chi connectivity index (χ4v) is 3.98. The molecule has 7 heteroatoms. The minimum absolute atomic E-state index is 0.000829. The van der Waals surface area contributed by atoms with E-state index in [1.807, 2.05) is 23.1 Å². The maximum absolute atomic E-state index is 12.5. The molecule has 2 fully saturated rings. The summed E-state index contributed by atoms with van der Waals surface area (Å²) >= 11 is 0. The average molecular weight is 389 g/mol. The van der Waals surface area contributed by atoms with Gasteiger partial charge in [0.2, 0.25) is 11.8 Å². The molecule has 1 N–H and O–H groups in total. The Kier molecular flexibility index (Phi) is 7.14. The molecular formula is C21H31N3O4. The zero-order chi connectivity index (χ0) is 19.9. The molecule has 28 heavy (non-hydrogen) atoms. The first-order chi connectivity index (χ1) is 13.6. The number of carbonyl (C=O) groups excluding carboxylic acids is 2. The third-order valence-corrected chi connectivity index (χ3v) is 5.66. The summed E-state index contributed by atoms with van der Waals surface area (Å²) in [6.45, 7) is 4.25. The van der Waals surface area contributed by atoms with E-state index >= 15 is 0 Å². The summed E-state index contributed by atoms with van der Waals surface area (Å²) in [5, 5.41) is 2.96. The van der Waals surface area contributed by atoms with Gasteiger partial charge >= 0.3 is 0 Å². The zero-order valence-electron chi connectivity index (χ0n) is 16.9. The van der Waals surface area contributed by atoms with Gasteiger partial charge in [-0.15, -0.1) is 0 Å². The van der Waals surface area contributed by atoms with Crippen LogP contribution in [0.3, 0.4) is 0 Å². The number of rotatable bonds is 7. The summed E-state index contributed by atoms with van der Waals surface area (Å²) in [5.74, 6) is 1.77. The average Bonchev–Trinajstić information content (AvgIpc) is 3.27. The predicted molar refractivity (Wildman–Crippen MR) is 106 cm³/mol. The maximum atomic E-state index is 12.5. The summed E-state index contributed by atoms with van der Waals surface area (Å²) in [4.78, 5) is 28.9. The SMILES string of the molecule is COc1ccc(CNC(=O)CN2CCC(C(=O)N3CCCC3)CC2)cc1OC. The minimum atomic E-state index is -0.000829. The molecule has 0 unspecified atom stereocenters. The number of likely N-dealkylation sites (tertiary alicyclic amines) is 2. The molecule has 0 bridgehead atoms. The third-order valence-electron chi connectivity index (χ3n) is 5.66. The highest BCUT2D eigenvalue weighted by Crippen LogP contribution is 2.27. The van der Waals surface area contributed by atoms with Gasteiger partial charge in [-0.25, -0.2) is 0 Å². The van der Waals surface area contributed by atoms with Crippen molar-refractivity contribution >= 4 is 11.8 Å². The highest BCUT2D eigenvalue weighted by atomic mass is 16.5. The van der Waals surface area contributed by atoms with Crippen molar-refractivity contribution in [3.63, 3.8) is 0 Å². The van der Waals surface area contributed by atoms with Crippen LogP contribution < -0.4 is 14.8 Å². The largest absolute Gasteiger partial charge is 0.493 e. The van der Waals surface area contributed by atoms with Crippen LogP contribution in [-0.4, -0.2) is 68.6 Å². The quantitative estimate of drug-likeness (QED) is 0.768. The molecule has 2 saturated heterocycles. The summed E-state index contributed by atoms with van der Waals surface area (Å²) in [7, 11) is 3.19. The van der Waals surface area contributed by atoms with E-state index in [0.717, 1.165) is 57.4 Å². The van der Waals surface area contributed by atoms with Gasteiger partial charge in [0.25, 0.3) is 0 Å². The van der Waals surface area contributed by atoms with Crippen molar-refractivity contribution in [2.75, 3.05) is 46.9 Å². The number of ether oxygens (including phenoxy) is 2. The molecule has 7 nitrogen and oxygen atoms in total. The van der Waals surface area contributed by atoms with Gasteiger partial charge in [-0.05, 0) is 56.5 Å². The van der Waals surface area contributed by atoms with Crippen molar-refractivity contribution in [3.8, 4) is 11.5 Å². The maximum Gasteiger partial charge on any atom is 0.234 e. The van der Waals surface area contributed by atoms with Gasteiger partial charge < -0.3 is 19.7 Å². The molecule has 1 aromatic carbocycles. The van der Waals surface area contributed by atoms with Crippen LogP contribution in [0.5, 0.6) is 11.5 Å². The molecule has 3 rings (SSSR count). The first kappa shape index (κ1) is 20.5. The molecule has 1 aromatic rings. The van der Waals surface area contributed by atoms with Gasteiger partial charge in [-0.2, -0.15) is 0 Å². The summed E-state index contributed by atoms with van der Waals surface area (Å²) in [6.07, 6.45) is 3.95. The van der Waals surface area contributed by atoms with Gasteiger partial charge in [0.05, 0.1) is 20.8 Å². The van der Waals surface area contributed by atoms with Gasteiger partial charge in [0.1, 0.15) is 0 Å². The van der Waals surface area contributed by atoms with Crippen molar-refractivity contribution in [3.05, 3.63) is 23.8 Å². The molecule has 0 atom stereocenters. The van der Waals surface area contributed by atoms with Gasteiger partial charge in [0.15, 0.2) is 11.5 Å². The lowest BCUT2D eigenvalue weighted by molar-refractivity contribution is -0.136. The lowest BCUT2D eigenvalue weighted by atomic mass is 9.95. The van der Waals surface area contributed by atoms with Gasteiger partial charge in [0, 0.05) is 25.6 Å². The van der Waals surface area contributed by atoms with Crippen LogP contribution in [0.1, 0.15) is 31.2 Å². The van der Waals surface area contributed by atoms with Gasteiger partial charge in [-0.1, -0.05) is 6.07 Å². The number of hydrogen-bond acceptors (Lipinski definition) is 5. The zero-order valence-corrected chi connectivity index (χ0v) is 16.9. The molecule has 0 saturated carbocycles. The Balaban J connectivity index is 1.40. The Hall–Kier alpha value is -2.28. The topological polar surface area (TPSA) is 71.1 Å². The molecular weight excluding hydrogens is 358 g/mol. The Bertz CT molecular complexity index is 680. The number of methoxy groups -OCH3 is 2. The molecule has 2 amide bonds. The van der Waals surface area contributed by atoms with E-state index in [0.29, 0.717) is 30.5 Å². The van der Waals surface area contributed by atoms with E-state index in [9.17, 15) is 9.59 Å². The molecule has 2 aliphatic rings. The third kappa shape index (κ3) is 5.16. The number of nitrogens with zero attached hydrogens (tertiary/aromatic N) is 2. The van der Waals surface area contributed by atoms with E-state index in [2.05, 4.69) is 10.2 Å². The first-order valence-corrected chi connectivity index (χ1v) is 10.1. The molecule has 0 spiro atoms. The van der Waals surface area contributed by atoms with Crippen LogP contribution in [0.25, 0.3) is 0 Å². The van der Waals surface area contributed by atoms with Crippen LogP contribution in [0, 0.1) is 5.92 Å². The molecule has 2 heterocycles. The highest BCUT2D eigenvalue weighted by Gasteiger charge is 2.30. The number of carbonyl (C=O) groups is 2. The van der Waals surface area contributed by atoms with Gasteiger partial charge in [-0.3, -0.25) is 14.5 Å². The number of benzene rings is 1. The number of hydrogen-bond donors (Lipinski definition) is 1. The van der Waals surface area contributed by atoms with Crippen molar-refractivity contribution in [1.29, 1.82) is 0 Å². The smallest absolute Gasteiger partial charge is 0.234 e. The first-order valence-electron chi connectivity index (χ1n) is 10.1. The summed E-state index contributed by atoms with van der Waals surface area (Å²) in [5.41, 5.74) is 0.959. The van der Waals surface area contributed by atoms with Crippen LogP contribution in [0.15, 0.2) is 18.2 Å². The highest BCUT2D eigenvalue weighted by molar-refractivity contribution is 5.79. The van der Waals surface area contributed by atoms with Crippen LogP contribution in [-0.2, 0) is 16.1 Å². The van der Waals surface area contributed by atoms with E-state index < -0.39 is 0 Å². The lowest BCUT2D eigenvalue weighted by Gasteiger charge is -2.32. The van der Waals surface area contributed by atoms with Crippen LogP contribution in [0.4, 0.5) is 0 Å². The predicted octanol–water partition coefficient (Wildman–Crippen LogP) is 1.65. The number of amides is 2. The van der Waals surface area contributed by atoms with Crippen molar-refractivity contribution in [1.82, 2.24) is 15.1 Å². The van der Waals surface area contributed by atoms with Crippen molar-refractivity contribution in [2.24, 2.45) is 5.92 Å². The van der Waals surface area contributed by atoms with E-state index in [-0.39, 0.29) is 11.8 Å².